The second kappa shape index (κ2) is 3.69. The Bertz CT molecular complexity index is 343. The molecule has 0 fully saturated rings. The highest BCUT2D eigenvalue weighted by Gasteiger charge is 2.26. The third-order valence-electron chi connectivity index (χ3n) is 2.43. The normalized spacial score (nSPS) is 25.0. The van der Waals surface area contributed by atoms with Crippen molar-refractivity contribution in [3.05, 3.63) is 0 Å². The van der Waals surface area contributed by atoms with Gasteiger partial charge >= 0.3 is 0 Å². The van der Waals surface area contributed by atoms with Crippen molar-refractivity contribution < 1.29 is 4.79 Å². The fraction of sp³-hybridized carbons (Fsp3) is 0.556. The molecule has 1 atom stereocenters. The highest BCUT2D eigenvalue weighted by Crippen LogP contribution is 2.17. The number of carbonyl (C=O) groups is 1. The molecular formula is C9H12N4O. The van der Waals surface area contributed by atoms with Crippen LogP contribution in [0.5, 0.6) is 0 Å². The summed E-state index contributed by atoms with van der Waals surface area (Å²) in [6.45, 7) is 1.06. The Kier molecular flexibility index (Phi) is 2.39. The lowest BCUT2D eigenvalue weighted by Gasteiger charge is -2.24. The minimum Gasteiger partial charge on any atom is -0.369 e. The zero-order chi connectivity index (χ0) is 9.97. The van der Waals surface area contributed by atoms with E-state index >= 15 is 0 Å². The molecule has 0 bridgehead atoms. The van der Waals surface area contributed by atoms with Crippen molar-refractivity contribution in [1.82, 2.24) is 0 Å². The molecule has 0 aliphatic carbocycles. The fourth-order valence-corrected chi connectivity index (χ4v) is 1.76. The molecular weight excluding hydrogens is 180 g/mol. The molecule has 0 radical (unpaired) electrons. The van der Waals surface area contributed by atoms with Gasteiger partial charge in [-0.15, -0.1) is 0 Å². The van der Waals surface area contributed by atoms with Gasteiger partial charge in [0.25, 0.3) is 0 Å². The van der Waals surface area contributed by atoms with Crippen molar-refractivity contribution in [2.24, 2.45) is 26.6 Å². The van der Waals surface area contributed by atoms with Crippen LogP contribution in [0.4, 0.5) is 0 Å². The smallest absolute Gasteiger partial charge is 0.223 e. The standard InChI is InChI=1S/C9H12N4O/c10-9(14)3-7-6-1-2-11-4-8(6)13-5-12-7/h2,6H,1,3-5H2,(H2,10,14). The van der Waals surface area contributed by atoms with Gasteiger partial charge < -0.3 is 5.73 Å². The van der Waals surface area contributed by atoms with E-state index in [0.717, 1.165) is 17.8 Å². The lowest BCUT2D eigenvalue weighted by Crippen LogP contribution is -2.35. The number of amides is 1. The van der Waals surface area contributed by atoms with Crippen LogP contribution in [0.3, 0.4) is 0 Å². The molecule has 1 unspecified atom stereocenters. The summed E-state index contributed by atoms with van der Waals surface area (Å²) in [5.41, 5.74) is 7.06. The lowest BCUT2D eigenvalue weighted by molar-refractivity contribution is -0.116. The van der Waals surface area contributed by atoms with Gasteiger partial charge in [0.2, 0.25) is 5.91 Å². The molecule has 0 spiro atoms. The number of aliphatic imine (C=N–C) groups is 3. The predicted octanol–water partition coefficient (Wildman–Crippen LogP) is -0.194. The van der Waals surface area contributed by atoms with Crippen LogP contribution in [-0.2, 0) is 4.79 Å². The summed E-state index contributed by atoms with van der Waals surface area (Å²) in [6, 6.07) is 0. The summed E-state index contributed by atoms with van der Waals surface area (Å²) >= 11 is 0. The molecule has 0 aromatic rings. The minimum absolute atomic E-state index is 0.175. The molecule has 74 valence electrons. The minimum atomic E-state index is -0.326. The van der Waals surface area contributed by atoms with Crippen molar-refractivity contribution in [1.29, 1.82) is 0 Å². The summed E-state index contributed by atoms with van der Waals surface area (Å²) in [4.78, 5) is 23.5. The Labute approximate surface area is 81.8 Å². The van der Waals surface area contributed by atoms with Crippen LogP contribution >= 0.6 is 0 Å². The third-order valence-corrected chi connectivity index (χ3v) is 2.43. The maximum atomic E-state index is 10.8. The van der Waals surface area contributed by atoms with Crippen molar-refractivity contribution >= 4 is 23.5 Å². The van der Waals surface area contributed by atoms with E-state index in [9.17, 15) is 4.79 Å². The van der Waals surface area contributed by atoms with E-state index in [4.69, 9.17) is 5.73 Å². The molecule has 0 aromatic carbocycles. The molecule has 2 heterocycles. The Balaban J connectivity index is 2.15. The Hall–Kier alpha value is -1.52. The second-order valence-corrected chi connectivity index (χ2v) is 3.39. The molecule has 0 saturated carbocycles. The zero-order valence-corrected chi connectivity index (χ0v) is 7.81. The average molecular weight is 192 g/mol. The second-order valence-electron chi connectivity index (χ2n) is 3.39. The third kappa shape index (κ3) is 1.71. The van der Waals surface area contributed by atoms with Gasteiger partial charge in [0.05, 0.1) is 13.0 Å². The summed E-state index contributed by atoms with van der Waals surface area (Å²) in [7, 11) is 0. The Morgan fingerprint density at radius 2 is 2.43 bits per heavy atom. The topological polar surface area (TPSA) is 80.2 Å². The lowest BCUT2D eigenvalue weighted by atomic mass is 9.89. The predicted molar refractivity (Wildman–Crippen MR) is 55.0 cm³/mol. The fourth-order valence-electron chi connectivity index (χ4n) is 1.76. The van der Waals surface area contributed by atoms with E-state index in [1.807, 2.05) is 6.21 Å². The van der Waals surface area contributed by atoms with Gasteiger partial charge in [-0.3, -0.25) is 19.8 Å². The van der Waals surface area contributed by atoms with Crippen LogP contribution in [0.2, 0.25) is 0 Å². The van der Waals surface area contributed by atoms with Crippen molar-refractivity contribution in [2.45, 2.75) is 12.8 Å². The zero-order valence-electron chi connectivity index (χ0n) is 7.81. The maximum absolute atomic E-state index is 10.8. The Morgan fingerprint density at radius 3 is 3.21 bits per heavy atom. The summed E-state index contributed by atoms with van der Waals surface area (Å²) < 4.78 is 0. The van der Waals surface area contributed by atoms with Gasteiger partial charge in [0, 0.05) is 23.6 Å². The maximum Gasteiger partial charge on any atom is 0.223 e. The highest BCUT2D eigenvalue weighted by molar-refractivity contribution is 6.16. The van der Waals surface area contributed by atoms with Gasteiger partial charge in [-0.25, -0.2) is 0 Å². The number of fused-ring (bicyclic) bond motifs is 1. The SMILES string of the molecule is NC(=O)CC1=NCN=C2CN=CCC21. The molecule has 5 heteroatoms. The first-order valence-electron chi connectivity index (χ1n) is 4.60. The average Bonchev–Trinajstić information content (AvgIpc) is 2.18. The van der Waals surface area contributed by atoms with Crippen LogP contribution in [0.15, 0.2) is 15.0 Å². The quantitative estimate of drug-likeness (QED) is 0.646. The highest BCUT2D eigenvalue weighted by atomic mass is 16.1. The molecule has 1 amide bonds. The van der Waals surface area contributed by atoms with E-state index in [0.29, 0.717) is 13.2 Å². The Morgan fingerprint density at radius 1 is 1.57 bits per heavy atom. The summed E-state index contributed by atoms with van der Waals surface area (Å²) in [5, 5.41) is 0. The van der Waals surface area contributed by atoms with Gasteiger partial charge in [0.1, 0.15) is 6.67 Å². The van der Waals surface area contributed by atoms with Gasteiger partial charge in [0.15, 0.2) is 0 Å². The molecule has 2 rings (SSSR count). The number of hydrogen-bond acceptors (Lipinski definition) is 4. The number of rotatable bonds is 2. The molecule has 2 aliphatic rings. The van der Waals surface area contributed by atoms with Crippen molar-refractivity contribution in [3.63, 3.8) is 0 Å². The van der Waals surface area contributed by atoms with Crippen LogP contribution in [-0.4, -0.2) is 36.8 Å². The number of nitrogens with zero attached hydrogens (tertiary/aromatic N) is 3. The first kappa shape index (κ1) is 9.05. The van der Waals surface area contributed by atoms with Crippen molar-refractivity contribution in [3.8, 4) is 0 Å². The monoisotopic (exact) mass is 192 g/mol. The number of carbonyl (C=O) groups excluding carboxylic acids is 1. The molecule has 2 aliphatic heterocycles. The van der Waals surface area contributed by atoms with E-state index < -0.39 is 0 Å². The van der Waals surface area contributed by atoms with E-state index in [1.165, 1.54) is 0 Å². The van der Waals surface area contributed by atoms with Gasteiger partial charge in [-0.2, -0.15) is 0 Å². The van der Waals surface area contributed by atoms with Crippen LogP contribution in [0.1, 0.15) is 12.8 Å². The van der Waals surface area contributed by atoms with Crippen LogP contribution in [0.25, 0.3) is 0 Å². The molecule has 2 N–H and O–H groups in total. The molecule has 0 aromatic heterocycles. The number of primary amides is 1. The van der Waals surface area contributed by atoms with Crippen LogP contribution < -0.4 is 5.73 Å². The van der Waals surface area contributed by atoms with Gasteiger partial charge in [-0.05, 0) is 6.42 Å². The first-order chi connectivity index (χ1) is 6.77. The summed E-state index contributed by atoms with van der Waals surface area (Å²) in [5.74, 6) is -0.152. The van der Waals surface area contributed by atoms with Crippen LogP contribution in [0, 0.1) is 5.92 Å². The van der Waals surface area contributed by atoms with E-state index in [1.54, 1.807) is 0 Å². The van der Waals surface area contributed by atoms with Gasteiger partial charge in [-0.1, -0.05) is 0 Å². The number of hydrogen-bond donors (Lipinski definition) is 1. The van der Waals surface area contributed by atoms with E-state index in [-0.39, 0.29) is 18.2 Å². The van der Waals surface area contributed by atoms with E-state index in [2.05, 4.69) is 15.0 Å². The van der Waals surface area contributed by atoms with Crippen molar-refractivity contribution in [2.75, 3.05) is 13.2 Å². The number of nitrogens with two attached hydrogens (primary N) is 1. The molecule has 5 nitrogen and oxygen atoms in total. The molecule has 0 saturated heterocycles. The largest absolute Gasteiger partial charge is 0.369 e. The molecule has 14 heavy (non-hydrogen) atoms. The first-order valence-corrected chi connectivity index (χ1v) is 4.60. The summed E-state index contributed by atoms with van der Waals surface area (Å²) in [6.07, 6.45) is 2.91.